The zero-order valence-corrected chi connectivity index (χ0v) is 18.3. The van der Waals surface area contributed by atoms with Crippen LogP contribution < -0.4 is 10.3 Å². The third-order valence-electron chi connectivity index (χ3n) is 4.41. The van der Waals surface area contributed by atoms with E-state index in [2.05, 4.69) is 26.6 Å². The fourth-order valence-electron chi connectivity index (χ4n) is 3.00. The van der Waals surface area contributed by atoms with E-state index in [1.54, 1.807) is 6.92 Å². The molecule has 0 amide bonds. The minimum absolute atomic E-state index is 0.210. The van der Waals surface area contributed by atoms with Gasteiger partial charge in [-0.1, -0.05) is 81.1 Å². The van der Waals surface area contributed by atoms with Crippen LogP contribution in [0.5, 0.6) is 0 Å². The normalized spacial score (nSPS) is 19.6. The van der Waals surface area contributed by atoms with Gasteiger partial charge in [0.2, 0.25) is 0 Å². The number of esters is 1. The number of anilines is 1. The van der Waals surface area contributed by atoms with Crippen LogP contribution in [-0.4, -0.2) is 18.0 Å². The molecule has 0 fully saturated rings. The average molecular weight is 412 g/mol. The van der Waals surface area contributed by atoms with Crippen LogP contribution in [0.15, 0.2) is 77.3 Å². The summed E-state index contributed by atoms with van der Waals surface area (Å²) < 4.78 is 5.34. The molecule has 1 aliphatic rings. The molecule has 146 valence electrons. The van der Waals surface area contributed by atoms with Gasteiger partial charge < -0.3 is 4.74 Å². The van der Waals surface area contributed by atoms with Gasteiger partial charge in [0.1, 0.15) is 0 Å². The Bertz CT molecular complexity index is 963. The van der Waals surface area contributed by atoms with E-state index in [-0.39, 0.29) is 12.0 Å². The first-order chi connectivity index (χ1) is 13.3. The number of benzene rings is 2. The summed E-state index contributed by atoms with van der Waals surface area (Å²) in [4.78, 5) is 12.9. The Morgan fingerprint density at radius 1 is 1.07 bits per heavy atom. The van der Waals surface area contributed by atoms with E-state index in [4.69, 9.17) is 21.6 Å². The SMILES string of the molecule is CCOC(=O)C1=NN(c2ccccc2)C(C(C)(C)C)=C[P@]1(=S)c1ccccc1. The van der Waals surface area contributed by atoms with Crippen LogP contribution in [-0.2, 0) is 21.3 Å². The second-order valence-electron chi connectivity index (χ2n) is 7.55. The van der Waals surface area contributed by atoms with Crippen molar-refractivity contribution in [2.24, 2.45) is 10.5 Å². The van der Waals surface area contributed by atoms with Crippen molar-refractivity contribution in [3.8, 4) is 0 Å². The number of ether oxygens (including phenoxy) is 1. The summed E-state index contributed by atoms with van der Waals surface area (Å²) in [6, 6.07) is 17.0. The largest absolute Gasteiger partial charge is 0.461 e. The van der Waals surface area contributed by atoms with Crippen LogP contribution in [0, 0.1) is 5.41 Å². The van der Waals surface area contributed by atoms with Gasteiger partial charge in [0.05, 0.1) is 18.3 Å². The molecule has 0 saturated heterocycles. The molecule has 1 aliphatic heterocycles. The molecule has 0 bridgehead atoms. The first-order valence-corrected chi connectivity index (χ1v) is 12.1. The number of allylic oxidation sites excluding steroid dienone is 1. The summed E-state index contributed by atoms with van der Waals surface area (Å²) in [6.07, 6.45) is 0. The third-order valence-corrected chi connectivity index (χ3v) is 8.45. The van der Waals surface area contributed by atoms with E-state index in [1.165, 1.54) is 0 Å². The number of nitrogens with zero attached hydrogens (tertiary/aromatic N) is 2. The van der Waals surface area contributed by atoms with Crippen molar-refractivity contribution in [3.05, 3.63) is 72.2 Å². The lowest BCUT2D eigenvalue weighted by molar-refractivity contribution is -0.134. The molecule has 0 N–H and O–H groups in total. The van der Waals surface area contributed by atoms with Gasteiger partial charge >= 0.3 is 5.97 Å². The van der Waals surface area contributed by atoms with E-state index in [0.29, 0.717) is 5.45 Å². The van der Waals surface area contributed by atoms with E-state index in [9.17, 15) is 4.79 Å². The Morgan fingerprint density at radius 2 is 1.64 bits per heavy atom. The van der Waals surface area contributed by atoms with Crippen LogP contribution >= 0.6 is 6.04 Å². The van der Waals surface area contributed by atoms with Gasteiger partial charge in [0.25, 0.3) is 0 Å². The quantitative estimate of drug-likeness (QED) is 0.519. The number of hydrogen-bond donors (Lipinski definition) is 0. The van der Waals surface area contributed by atoms with Crippen molar-refractivity contribution < 1.29 is 9.53 Å². The molecular weight excluding hydrogens is 387 g/mol. The number of hydrogen-bond acceptors (Lipinski definition) is 5. The summed E-state index contributed by atoms with van der Waals surface area (Å²) in [5.41, 5.74) is 1.98. The summed E-state index contributed by atoms with van der Waals surface area (Å²) >= 11 is 6.16. The molecule has 2 aromatic rings. The van der Waals surface area contributed by atoms with Gasteiger partial charge in [-0.25, -0.2) is 9.80 Å². The first kappa shape index (κ1) is 20.5. The van der Waals surface area contributed by atoms with E-state index >= 15 is 0 Å². The molecule has 0 aliphatic carbocycles. The Balaban J connectivity index is 2.26. The predicted molar refractivity (Wildman–Crippen MR) is 121 cm³/mol. The Hall–Kier alpha value is -2.23. The Kier molecular flexibility index (Phi) is 5.87. The van der Waals surface area contributed by atoms with E-state index in [1.807, 2.05) is 65.7 Å². The summed E-state index contributed by atoms with van der Waals surface area (Å²) in [5, 5.41) is 7.57. The fourth-order valence-corrected chi connectivity index (χ4v) is 6.53. The van der Waals surface area contributed by atoms with Crippen LogP contribution in [0.1, 0.15) is 27.7 Å². The Morgan fingerprint density at radius 3 is 2.18 bits per heavy atom. The molecule has 0 spiro atoms. The predicted octanol–water partition coefficient (Wildman–Crippen LogP) is 5.08. The van der Waals surface area contributed by atoms with Crippen molar-refractivity contribution in [2.75, 3.05) is 11.6 Å². The summed E-state index contributed by atoms with van der Waals surface area (Å²) in [5.74, 6) is 1.64. The minimum Gasteiger partial charge on any atom is -0.461 e. The van der Waals surface area contributed by atoms with Crippen molar-refractivity contribution in [1.29, 1.82) is 0 Å². The molecular formula is C22H25N2O2PS. The summed E-state index contributed by atoms with van der Waals surface area (Å²) in [7, 11) is 0. The molecule has 4 nitrogen and oxygen atoms in total. The topological polar surface area (TPSA) is 41.9 Å². The number of carbonyl (C=O) groups is 1. The zero-order chi connectivity index (χ0) is 20.4. The van der Waals surface area contributed by atoms with E-state index < -0.39 is 12.0 Å². The van der Waals surface area contributed by atoms with Gasteiger partial charge in [-0.3, -0.25) is 0 Å². The Labute approximate surface area is 171 Å². The summed E-state index contributed by atoms with van der Waals surface area (Å²) in [6.45, 7) is 8.46. The average Bonchev–Trinajstić information content (AvgIpc) is 2.68. The fraction of sp³-hybridized carbons (Fsp3) is 0.273. The highest BCUT2D eigenvalue weighted by molar-refractivity contribution is 8.28. The molecule has 1 heterocycles. The lowest BCUT2D eigenvalue weighted by Crippen LogP contribution is -2.35. The maximum atomic E-state index is 12.9. The standard InChI is InChI=1S/C22H25N2O2PS/c1-5-26-21(25)20-23-24(17-12-8-6-9-13-17)19(22(2,3)4)16-27(20,28)18-14-10-7-11-15-18/h6-16H,5H2,1-4H3/t27-/m0/s1. The maximum absolute atomic E-state index is 12.9. The molecule has 0 saturated carbocycles. The number of hydrazone groups is 1. The van der Waals surface area contributed by atoms with Crippen molar-refractivity contribution in [1.82, 2.24) is 0 Å². The van der Waals surface area contributed by atoms with Crippen LogP contribution in [0.25, 0.3) is 0 Å². The smallest absolute Gasteiger partial charge is 0.360 e. The van der Waals surface area contributed by atoms with Gasteiger partial charge in [-0.2, -0.15) is 5.10 Å². The maximum Gasteiger partial charge on any atom is 0.360 e. The second-order valence-corrected chi connectivity index (χ2v) is 11.8. The third kappa shape index (κ3) is 3.96. The highest BCUT2D eigenvalue weighted by atomic mass is 32.4. The molecule has 0 aromatic heterocycles. The van der Waals surface area contributed by atoms with Crippen LogP contribution in [0.4, 0.5) is 5.69 Å². The molecule has 1 atom stereocenters. The minimum atomic E-state index is -2.57. The molecule has 3 rings (SSSR count). The van der Waals surface area contributed by atoms with Gasteiger partial charge in [-0.15, -0.1) is 0 Å². The number of rotatable bonds is 4. The lowest BCUT2D eigenvalue weighted by Gasteiger charge is -2.38. The highest BCUT2D eigenvalue weighted by Gasteiger charge is 2.39. The highest BCUT2D eigenvalue weighted by Crippen LogP contribution is 2.55. The monoisotopic (exact) mass is 412 g/mol. The molecule has 2 aromatic carbocycles. The lowest BCUT2D eigenvalue weighted by atomic mass is 9.92. The second kappa shape index (κ2) is 8.02. The van der Waals surface area contributed by atoms with Crippen molar-refractivity contribution in [2.45, 2.75) is 27.7 Å². The molecule has 6 heteroatoms. The number of carbonyl (C=O) groups excluding carboxylic acids is 1. The number of para-hydroxylation sites is 1. The first-order valence-electron chi connectivity index (χ1n) is 9.27. The van der Waals surface area contributed by atoms with Crippen LogP contribution in [0.3, 0.4) is 0 Å². The van der Waals surface area contributed by atoms with E-state index in [0.717, 1.165) is 16.7 Å². The molecule has 28 heavy (non-hydrogen) atoms. The molecule has 0 radical (unpaired) electrons. The van der Waals surface area contributed by atoms with Crippen LogP contribution in [0.2, 0.25) is 0 Å². The van der Waals surface area contributed by atoms with Gasteiger partial charge in [-0.05, 0) is 30.2 Å². The van der Waals surface area contributed by atoms with Crippen molar-refractivity contribution >= 4 is 40.3 Å². The van der Waals surface area contributed by atoms with Gasteiger partial charge in [0, 0.05) is 11.1 Å². The van der Waals surface area contributed by atoms with Crippen molar-refractivity contribution in [3.63, 3.8) is 0 Å². The molecule has 0 unspecified atom stereocenters. The van der Waals surface area contributed by atoms with Gasteiger partial charge in [0.15, 0.2) is 5.45 Å². The zero-order valence-electron chi connectivity index (χ0n) is 16.6.